The highest BCUT2D eigenvalue weighted by molar-refractivity contribution is 6.22. The summed E-state index contributed by atoms with van der Waals surface area (Å²) >= 11 is 0. The van der Waals surface area contributed by atoms with Crippen LogP contribution in [-0.2, 0) is 5.41 Å². The minimum absolute atomic E-state index is 0.411. The first-order chi connectivity index (χ1) is 33.1. The van der Waals surface area contributed by atoms with Crippen LogP contribution in [0, 0.1) is 6.92 Å². The van der Waals surface area contributed by atoms with Crippen molar-refractivity contribution in [1.82, 2.24) is 0 Å². The smallest absolute Gasteiger partial charge is 0.134 e. The van der Waals surface area contributed by atoms with Gasteiger partial charge in [0.1, 0.15) is 11.3 Å². The van der Waals surface area contributed by atoms with Crippen LogP contribution in [0.5, 0.6) is 0 Å². The molecule has 0 atom stereocenters. The van der Waals surface area contributed by atoms with E-state index in [0.717, 1.165) is 22.3 Å². The predicted molar refractivity (Wildman–Crippen MR) is 283 cm³/mol. The van der Waals surface area contributed by atoms with Crippen molar-refractivity contribution in [1.29, 1.82) is 0 Å². The Bertz CT molecular complexity index is 4020. The number of furan rings is 1. The van der Waals surface area contributed by atoms with Crippen LogP contribution < -0.4 is 0 Å². The first kappa shape index (κ1) is 37.8. The molecule has 0 saturated heterocycles. The van der Waals surface area contributed by atoms with Gasteiger partial charge in [0.05, 0.1) is 5.41 Å². The Hall–Kier alpha value is -8.52. The molecule has 67 heavy (non-hydrogen) atoms. The highest BCUT2D eigenvalue weighted by Crippen LogP contribution is 2.63. The molecule has 1 heteroatoms. The first-order valence-corrected chi connectivity index (χ1v) is 23.3. The number of rotatable bonds is 5. The van der Waals surface area contributed by atoms with Crippen molar-refractivity contribution >= 4 is 60.1 Å². The summed E-state index contributed by atoms with van der Waals surface area (Å²) in [4.78, 5) is 0. The summed E-state index contributed by atoms with van der Waals surface area (Å²) in [5.41, 5.74) is 19.6. The quantitative estimate of drug-likeness (QED) is 0.124. The summed E-state index contributed by atoms with van der Waals surface area (Å²) in [6.45, 7) is 5.93. The van der Waals surface area contributed by atoms with Crippen LogP contribution in [0.3, 0.4) is 0 Å². The Kier molecular flexibility index (Phi) is 8.04. The zero-order valence-electron chi connectivity index (χ0n) is 37.0. The molecule has 0 fully saturated rings. The van der Waals surface area contributed by atoms with Gasteiger partial charge in [-0.05, 0) is 170 Å². The number of hydrogen-bond acceptors (Lipinski definition) is 1. The van der Waals surface area contributed by atoms with Gasteiger partial charge in [-0.2, -0.15) is 0 Å². The topological polar surface area (TPSA) is 13.1 Å². The molecule has 0 N–H and O–H groups in total. The van der Waals surface area contributed by atoms with Crippen molar-refractivity contribution in [3.8, 4) is 55.6 Å². The molecule has 0 saturated carbocycles. The van der Waals surface area contributed by atoms with Crippen LogP contribution in [0.4, 0.5) is 0 Å². The molecule has 0 radical (unpaired) electrons. The van der Waals surface area contributed by atoms with Crippen molar-refractivity contribution in [3.63, 3.8) is 0 Å². The van der Waals surface area contributed by atoms with Gasteiger partial charge in [0.25, 0.3) is 0 Å². The van der Waals surface area contributed by atoms with Crippen LogP contribution in [-0.4, -0.2) is 0 Å². The van der Waals surface area contributed by atoms with Crippen LogP contribution in [0.25, 0.3) is 116 Å². The van der Waals surface area contributed by atoms with E-state index in [1.807, 2.05) is 19.1 Å². The molecule has 14 rings (SSSR count). The normalized spacial score (nSPS) is 13.3. The summed E-state index contributed by atoms with van der Waals surface area (Å²) in [6.07, 6.45) is 5.88. The van der Waals surface area contributed by atoms with Gasteiger partial charge in [-0.3, -0.25) is 0 Å². The second-order valence-corrected chi connectivity index (χ2v) is 18.3. The number of benzene rings is 11. The fraction of sp³-hybridized carbons (Fsp3) is 0.0303. The monoisotopic (exact) mass is 850 g/mol. The molecule has 312 valence electrons. The Balaban J connectivity index is 0.910. The van der Waals surface area contributed by atoms with Crippen molar-refractivity contribution in [2.24, 2.45) is 0 Å². The third-order valence-corrected chi connectivity index (χ3v) is 15.0. The van der Waals surface area contributed by atoms with E-state index in [1.54, 1.807) is 0 Å². The lowest BCUT2D eigenvalue weighted by atomic mass is 9.70. The van der Waals surface area contributed by atoms with E-state index in [1.165, 1.54) is 121 Å². The Morgan fingerprint density at radius 3 is 1.51 bits per heavy atom. The maximum Gasteiger partial charge on any atom is 0.134 e. The SMILES string of the molecule is C=C/C=C\c1c(C)oc2ccc(-c3c4ccccc4c(-c4ccc(-c5ccc6cc7c(cc6c5)C5(c6ccccc6-c6ccccc65)c5cc6ccccc6cc5-7)cc4)c4ccccc34)cc12. The number of aryl methyl sites for hydroxylation is 1. The van der Waals surface area contributed by atoms with Crippen LogP contribution in [0.15, 0.2) is 229 Å². The van der Waals surface area contributed by atoms with Gasteiger partial charge in [-0.25, -0.2) is 0 Å². The zero-order valence-corrected chi connectivity index (χ0v) is 37.0. The molecular formula is C66H42O. The summed E-state index contributed by atoms with van der Waals surface area (Å²) in [6, 6.07) is 77.5. The lowest BCUT2D eigenvalue weighted by Crippen LogP contribution is -2.25. The molecule has 0 bridgehead atoms. The number of allylic oxidation sites excluding steroid dienone is 2. The van der Waals surface area contributed by atoms with E-state index >= 15 is 0 Å². The lowest BCUT2D eigenvalue weighted by molar-refractivity contribution is 0.577. The minimum Gasteiger partial charge on any atom is -0.461 e. The van der Waals surface area contributed by atoms with Crippen LogP contribution >= 0.6 is 0 Å². The van der Waals surface area contributed by atoms with Gasteiger partial charge in [0.2, 0.25) is 0 Å². The molecule has 0 aliphatic heterocycles. The van der Waals surface area contributed by atoms with Gasteiger partial charge in [-0.15, -0.1) is 0 Å². The zero-order chi connectivity index (χ0) is 44.4. The van der Waals surface area contributed by atoms with Crippen LogP contribution in [0.2, 0.25) is 0 Å². The minimum atomic E-state index is -0.411. The lowest BCUT2D eigenvalue weighted by Gasteiger charge is -2.30. The van der Waals surface area contributed by atoms with Gasteiger partial charge in [0, 0.05) is 10.9 Å². The number of hydrogen-bond donors (Lipinski definition) is 0. The molecule has 1 aromatic heterocycles. The first-order valence-electron chi connectivity index (χ1n) is 23.3. The molecule has 1 spiro atoms. The molecule has 12 aromatic rings. The van der Waals surface area contributed by atoms with Gasteiger partial charge < -0.3 is 4.42 Å². The second kappa shape index (κ2) is 14.2. The number of fused-ring (bicyclic) bond motifs is 15. The fourth-order valence-electron chi connectivity index (χ4n) is 12.1. The predicted octanol–water partition coefficient (Wildman–Crippen LogP) is 17.9. The fourth-order valence-corrected chi connectivity index (χ4v) is 12.1. The van der Waals surface area contributed by atoms with Gasteiger partial charge in [-0.1, -0.05) is 189 Å². The Labute approximate surface area is 389 Å². The molecule has 0 unspecified atom stereocenters. The highest BCUT2D eigenvalue weighted by Gasteiger charge is 2.51. The van der Waals surface area contributed by atoms with Crippen molar-refractivity contribution in [2.75, 3.05) is 0 Å². The standard InChI is InChI=1S/C66H42O/c1-3-4-17-49-40(2)67-63-33-32-47(37-58(49)63)65-54-22-9-7-20-52(54)64(53-21-8-10-23-55(53)65)42-28-26-41(27-29-42)45-30-31-46-36-57-56-35-43-15-5-6-16-44(43)38-61(56)66(62(57)39-48(46)34-45)59-24-13-11-18-50(59)51-19-12-14-25-60(51)66/h3-39H,1H2,2H3/b17-4-. The Morgan fingerprint density at radius 2 is 0.881 bits per heavy atom. The molecule has 2 aliphatic rings. The van der Waals surface area contributed by atoms with E-state index in [4.69, 9.17) is 4.42 Å². The summed E-state index contributed by atoms with van der Waals surface area (Å²) in [7, 11) is 0. The van der Waals surface area contributed by atoms with Crippen molar-refractivity contribution < 1.29 is 4.42 Å². The van der Waals surface area contributed by atoms with E-state index < -0.39 is 5.41 Å². The summed E-state index contributed by atoms with van der Waals surface area (Å²) < 4.78 is 6.20. The average Bonchev–Trinajstić information content (AvgIpc) is 3.96. The maximum atomic E-state index is 6.20. The molecule has 11 aromatic carbocycles. The third-order valence-electron chi connectivity index (χ3n) is 15.0. The summed E-state index contributed by atoms with van der Waals surface area (Å²) in [5, 5.41) is 11.1. The summed E-state index contributed by atoms with van der Waals surface area (Å²) in [5.74, 6) is 0.903. The van der Waals surface area contributed by atoms with E-state index in [9.17, 15) is 0 Å². The van der Waals surface area contributed by atoms with E-state index in [2.05, 4.69) is 219 Å². The molecule has 2 aliphatic carbocycles. The third kappa shape index (κ3) is 5.31. The highest BCUT2D eigenvalue weighted by atomic mass is 16.3. The van der Waals surface area contributed by atoms with Crippen molar-refractivity contribution in [3.05, 3.63) is 259 Å². The van der Waals surface area contributed by atoms with Gasteiger partial charge in [0.15, 0.2) is 0 Å². The molecular weight excluding hydrogens is 809 g/mol. The second-order valence-electron chi connectivity index (χ2n) is 18.3. The average molecular weight is 851 g/mol. The molecule has 0 amide bonds. The van der Waals surface area contributed by atoms with E-state index in [0.29, 0.717) is 0 Å². The maximum absolute atomic E-state index is 6.20. The van der Waals surface area contributed by atoms with E-state index in [-0.39, 0.29) is 0 Å². The largest absolute Gasteiger partial charge is 0.461 e. The van der Waals surface area contributed by atoms with Crippen molar-refractivity contribution in [2.45, 2.75) is 12.3 Å². The molecule has 1 nitrogen and oxygen atoms in total. The van der Waals surface area contributed by atoms with Gasteiger partial charge >= 0.3 is 0 Å². The molecule has 1 heterocycles. The van der Waals surface area contributed by atoms with Crippen LogP contribution in [0.1, 0.15) is 33.6 Å². The Morgan fingerprint density at radius 1 is 0.388 bits per heavy atom.